The molecule has 3 rings (SSSR count). The fourth-order valence-corrected chi connectivity index (χ4v) is 3.65. The van der Waals surface area contributed by atoms with Gasteiger partial charge in [0.1, 0.15) is 24.0 Å². The maximum Gasteiger partial charge on any atom is 0.266 e. The second-order valence-corrected chi connectivity index (χ2v) is 8.54. The van der Waals surface area contributed by atoms with Crippen molar-refractivity contribution in [3.63, 3.8) is 0 Å². The van der Waals surface area contributed by atoms with E-state index in [0.717, 1.165) is 5.56 Å². The summed E-state index contributed by atoms with van der Waals surface area (Å²) < 4.78 is 17.8. The largest absolute Gasteiger partial charge is 0.494 e. The van der Waals surface area contributed by atoms with E-state index in [4.69, 9.17) is 25.8 Å². The Morgan fingerprint density at radius 1 is 1.00 bits per heavy atom. The van der Waals surface area contributed by atoms with Crippen LogP contribution in [0.15, 0.2) is 70.7 Å². The first-order chi connectivity index (χ1) is 16.9. The number of anilines is 1. The first-order valence-electron chi connectivity index (χ1n) is 10.9. The van der Waals surface area contributed by atoms with E-state index >= 15 is 0 Å². The number of amides is 1. The fourth-order valence-electron chi connectivity index (χ4n) is 3.09. The van der Waals surface area contributed by atoms with Gasteiger partial charge < -0.3 is 19.5 Å². The fraction of sp³-hybridized carbons (Fsp3) is 0.185. The van der Waals surface area contributed by atoms with Crippen LogP contribution in [0.5, 0.6) is 17.2 Å². The van der Waals surface area contributed by atoms with Crippen molar-refractivity contribution in [1.29, 1.82) is 5.26 Å². The second-order valence-electron chi connectivity index (χ2n) is 7.25. The molecule has 0 saturated carbocycles. The Hall–Kier alpha value is -3.47. The number of hydrogen-bond acceptors (Lipinski definition) is 5. The minimum atomic E-state index is -0.524. The van der Waals surface area contributed by atoms with Gasteiger partial charge in [0.25, 0.3) is 5.91 Å². The number of nitriles is 1. The maximum atomic E-state index is 12.7. The van der Waals surface area contributed by atoms with Crippen molar-refractivity contribution in [2.45, 2.75) is 20.5 Å². The number of rotatable bonds is 10. The SMILES string of the molecule is CCOc1ccc(NC(=O)/C(C#N)=C/c2cc(OCC)c(OCc3ccc(Cl)cc3)cc2Br)cc1. The third-order valence-electron chi connectivity index (χ3n) is 4.76. The van der Waals surface area contributed by atoms with Gasteiger partial charge in [0.2, 0.25) is 0 Å². The average Bonchev–Trinajstić information content (AvgIpc) is 2.85. The minimum Gasteiger partial charge on any atom is -0.494 e. The van der Waals surface area contributed by atoms with Crippen LogP contribution >= 0.6 is 27.5 Å². The predicted octanol–water partition coefficient (Wildman–Crippen LogP) is 7.02. The van der Waals surface area contributed by atoms with Gasteiger partial charge >= 0.3 is 0 Å². The third-order valence-corrected chi connectivity index (χ3v) is 5.70. The Bertz CT molecular complexity index is 1240. The van der Waals surface area contributed by atoms with Gasteiger partial charge in [-0.05, 0) is 79.6 Å². The van der Waals surface area contributed by atoms with Crippen LogP contribution in [0.2, 0.25) is 5.02 Å². The summed E-state index contributed by atoms with van der Waals surface area (Å²) in [5.74, 6) is 1.21. The van der Waals surface area contributed by atoms with Gasteiger partial charge in [0, 0.05) is 15.2 Å². The van der Waals surface area contributed by atoms with Crippen molar-refractivity contribution in [3.8, 4) is 23.3 Å². The molecule has 1 N–H and O–H groups in total. The maximum absolute atomic E-state index is 12.7. The first kappa shape index (κ1) is 26.1. The van der Waals surface area contributed by atoms with E-state index in [1.54, 1.807) is 48.5 Å². The summed E-state index contributed by atoms with van der Waals surface area (Å²) in [7, 11) is 0. The molecule has 0 bridgehead atoms. The van der Waals surface area contributed by atoms with Crippen molar-refractivity contribution < 1.29 is 19.0 Å². The van der Waals surface area contributed by atoms with E-state index in [1.807, 2.05) is 32.0 Å². The normalized spacial score (nSPS) is 10.9. The zero-order valence-electron chi connectivity index (χ0n) is 19.3. The molecule has 6 nitrogen and oxygen atoms in total. The van der Waals surface area contributed by atoms with E-state index in [-0.39, 0.29) is 5.57 Å². The van der Waals surface area contributed by atoms with Gasteiger partial charge in [0.15, 0.2) is 11.5 Å². The Balaban J connectivity index is 1.80. The zero-order chi connectivity index (χ0) is 25.2. The van der Waals surface area contributed by atoms with E-state index in [2.05, 4.69) is 21.2 Å². The smallest absolute Gasteiger partial charge is 0.266 e. The molecule has 0 fully saturated rings. The van der Waals surface area contributed by atoms with Crippen LogP contribution in [0, 0.1) is 11.3 Å². The lowest BCUT2D eigenvalue weighted by atomic mass is 10.1. The monoisotopic (exact) mass is 554 g/mol. The van der Waals surface area contributed by atoms with Crippen LogP contribution in [0.25, 0.3) is 6.08 Å². The molecule has 0 aliphatic rings. The van der Waals surface area contributed by atoms with Crippen molar-refractivity contribution >= 4 is 45.2 Å². The number of carbonyl (C=O) groups is 1. The molecule has 180 valence electrons. The predicted molar refractivity (Wildman–Crippen MR) is 141 cm³/mol. The Labute approximate surface area is 218 Å². The highest BCUT2D eigenvalue weighted by Crippen LogP contribution is 2.35. The van der Waals surface area contributed by atoms with Gasteiger partial charge in [-0.3, -0.25) is 4.79 Å². The van der Waals surface area contributed by atoms with Crippen molar-refractivity contribution in [2.24, 2.45) is 0 Å². The number of nitrogens with one attached hydrogen (secondary N) is 1. The van der Waals surface area contributed by atoms with Crippen molar-refractivity contribution in [1.82, 2.24) is 0 Å². The first-order valence-corrected chi connectivity index (χ1v) is 12.1. The highest BCUT2D eigenvalue weighted by Gasteiger charge is 2.14. The van der Waals surface area contributed by atoms with Gasteiger partial charge in [-0.15, -0.1) is 0 Å². The number of nitrogens with zero attached hydrogens (tertiary/aromatic N) is 1. The minimum absolute atomic E-state index is 0.0585. The Morgan fingerprint density at radius 2 is 1.66 bits per heavy atom. The van der Waals surface area contributed by atoms with E-state index in [0.29, 0.717) is 57.8 Å². The van der Waals surface area contributed by atoms with Gasteiger partial charge in [-0.2, -0.15) is 5.26 Å². The summed E-state index contributed by atoms with van der Waals surface area (Å²) in [6, 6.07) is 19.8. The molecule has 3 aromatic carbocycles. The Kier molecular flexibility index (Phi) is 9.59. The molecule has 0 aliphatic heterocycles. The third kappa shape index (κ3) is 7.51. The van der Waals surface area contributed by atoms with Gasteiger partial charge in [-0.1, -0.05) is 39.7 Å². The van der Waals surface area contributed by atoms with Crippen LogP contribution in [-0.4, -0.2) is 19.1 Å². The number of carbonyl (C=O) groups excluding carboxylic acids is 1. The van der Waals surface area contributed by atoms with E-state index in [1.165, 1.54) is 6.08 Å². The van der Waals surface area contributed by atoms with Crippen LogP contribution in [0.4, 0.5) is 5.69 Å². The second kappa shape index (κ2) is 12.8. The van der Waals surface area contributed by atoms with Gasteiger partial charge in [0.05, 0.1) is 13.2 Å². The number of ether oxygens (including phenoxy) is 3. The standard InChI is InChI=1S/C27H24BrClN2O4/c1-3-33-23-11-9-22(10-12-23)31-27(32)20(16-30)13-19-14-25(34-4-2)26(15-24(19)28)35-17-18-5-7-21(29)8-6-18/h5-15H,3-4,17H2,1-2H3,(H,31,32)/b20-13+. The molecule has 1 amide bonds. The number of hydrogen-bond donors (Lipinski definition) is 1. The summed E-state index contributed by atoms with van der Waals surface area (Å²) in [5.41, 5.74) is 2.05. The zero-order valence-corrected chi connectivity index (χ0v) is 21.7. The quantitative estimate of drug-likeness (QED) is 0.215. The lowest BCUT2D eigenvalue weighted by Crippen LogP contribution is -2.13. The average molecular weight is 556 g/mol. The summed E-state index contributed by atoms with van der Waals surface area (Å²) >= 11 is 9.46. The lowest BCUT2D eigenvalue weighted by molar-refractivity contribution is -0.112. The highest BCUT2D eigenvalue weighted by molar-refractivity contribution is 9.10. The number of halogens is 2. The molecule has 0 aromatic heterocycles. The van der Waals surface area contributed by atoms with Crippen LogP contribution in [0.1, 0.15) is 25.0 Å². The summed E-state index contributed by atoms with van der Waals surface area (Å²) in [4.78, 5) is 12.7. The van der Waals surface area contributed by atoms with Crippen LogP contribution in [-0.2, 0) is 11.4 Å². The molecular weight excluding hydrogens is 532 g/mol. The molecule has 0 heterocycles. The van der Waals surface area contributed by atoms with Crippen molar-refractivity contribution in [2.75, 3.05) is 18.5 Å². The number of benzene rings is 3. The molecule has 0 spiro atoms. The summed E-state index contributed by atoms with van der Waals surface area (Å²) in [5, 5.41) is 13.0. The van der Waals surface area contributed by atoms with E-state index < -0.39 is 5.91 Å². The topological polar surface area (TPSA) is 80.6 Å². The molecule has 8 heteroatoms. The molecular formula is C27H24BrClN2O4. The highest BCUT2D eigenvalue weighted by atomic mass is 79.9. The van der Waals surface area contributed by atoms with E-state index in [9.17, 15) is 10.1 Å². The molecule has 0 saturated heterocycles. The molecule has 3 aromatic rings. The molecule has 0 atom stereocenters. The van der Waals surface area contributed by atoms with Crippen molar-refractivity contribution in [3.05, 3.63) is 86.9 Å². The van der Waals surface area contributed by atoms with Crippen LogP contribution in [0.3, 0.4) is 0 Å². The van der Waals surface area contributed by atoms with Crippen LogP contribution < -0.4 is 19.5 Å². The molecule has 35 heavy (non-hydrogen) atoms. The molecule has 0 aliphatic carbocycles. The lowest BCUT2D eigenvalue weighted by Gasteiger charge is -2.14. The summed E-state index contributed by atoms with van der Waals surface area (Å²) in [6.07, 6.45) is 1.50. The summed E-state index contributed by atoms with van der Waals surface area (Å²) in [6.45, 7) is 5.06. The Morgan fingerprint density at radius 3 is 2.29 bits per heavy atom. The molecule has 0 radical (unpaired) electrons. The molecule has 0 unspecified atom stereocenters. The van der Waals surface area contributed by atoms with Gasteiger partial charge in [-0.25, -0.2) is 0 Å².